The van der Waals surface area contributed by atoms with Crippen LogP contribution in [0.2, 0.25) is 0 Å². The van der Waals surface area contributed by atoms with Gasteiger partial charge in [-0.2, -0.15) is 0 Å². The van der Waals surface area contributed by atoms with Crippen molar-refractivity contribution >= 4 is 16.9 Å². The number of hydrogen-bond acceptors (Lipinski definition) is 3. The van der Waals surface area contributed by atoms with Gasteiger partial charge in [-0.15, -0.1) is 0 Å². The van der Waals surface area contributed by atoms with Crippen LogP contribution in [0, 0.1) is 11.6 Å². The van der Waals surface area contributed by atoms with Gasteiger partial charge in [0.15, 0.2) is 11.6 Å². The summed E-state index contributed by atoms with van der Waals surface area (Å²) in [5, 5.41) is 13.6. The molecular weight excluding hydrogens is 316 g/mol. The van der Waals surface area contributed by atoms with Gasteiger partial charge in [0.25, 0.3) is 5.91 Å². The maximum absolute atomic E-state index is 13.1. The minimum atomic E-state index is -1.08. The molecule has 0 saturated heterocycles. The molecule has 0 aliphatic heterocycles. The largest absolute Gasteiger partial charge is 0.458 e. The second-order valence-corrected chi connectivity index (χ2v) is 5.38. The third-order valence-corrected chi connectivity index (χ3v) is 3.66. The highest BCUT2D eigenvalue weighted by atomic mass is 19.2. The van der Waals surface area contributed by atoms with Crippen molar-refractivity contribution < 1.29 is 23.1 Å². The van der Waals surface area contributed by atoms with Gasteiger partial charge in [-0.05, 0) is 36.8 Å². The first kappa shape index (κ1) is 16.1. The highest BCUT2D eigenvalue weighted by Crippen LogP contribution is 2.25. The predicted molar refractivity (Wildman–Crippen MR) is 84.5 cm³/mol. The fourth-order valence-corrected chi connectivity index (χ4v) is 2.37. The lowest BCUT2D eigenvalue weighted by Gasteiger charge is -2.09. The number of fused-ring (bicyclic) bond motifs is 1. The zero-order chi connectivity index (χ0) is 17.1. The molecule has 0 saturated carbocycles. The summed E-state index contributed by atoms with van der Waals surface area (Å²) in [6.07, 6.45) is -0.641. The van der Waals surface area contributed by atoms with Crippen molar-refractivity contribution in [3.8, 4) is 0 Å². The van der Waals surface area contributed by atoms with Crippen LogP contribution in [0.5, 0.6) is 0 Å². The molecule has 1 atom stereocenters. The Labute approximate surface area is 136 Å². The summed E-state index contributed by atoms with van der Waals surface area (Å²) in [7, 11) is 0. The van der Waals surface area contributed by atoms with Gasteiger partial charge in [0, 0.05) is 17.5 Å². The van der Waals surface area contributed by atoms with E-state index in [1.165, 1.54) is 6.07 Å². The van der Waals surface area contributed by atoms with Gasteiger partial charge in [0.05, 0.1) is 0 Å². The first-order valence-corrected chi connectivity index (χ1v) is 7.44. The summed E-state index contributed by atoms with van der Waals surface area (Å²) in [5.41, 5.74) is 0.699. The highest BCUT2D eigenvalue weighted by Gasteiger charge is 2.14. The average molecular weight is 331 g/mol. The number of amides is 1. The summed E-state index contributed by atoms with van der Waals surface area (Å²) in [5.74, 6) is -2.21. The third-order valence-electron chi connectivity index (χ3n) is 3.66. The molecule has 0 spiro atoms. The molecule has 3 aromatic rings. The summed E-state index contributed by atoms with van der Waals surface area (Å²) < 4.78 is 31.5. The Bertz CT molecular complexity index is 843. The number of benzene rings is 2. The Kier molecular flexibility index (Phi) is 4.57. The van der Waals surface area contributed by atoms with Gasteiger partial charge in [-0.25, -0.2) is 8.78 Å². The van der Waals surface area contributed by atoms with Crippen LogP contribution in [0.15, 0.2) is 52.9 Å². The van der Waals surface area contributed by atoms with Crippen LogP contribution in [-0.2, 0) is 0 Å². The van der Waals surface area contributed by atoms with E-state index < -0.39 is 23.6 Å². The monoisotopic (exact) mass is 331 g/mol. The molecule has 0 aliphatic carbocycles. The minimum absolute atomic E-state index is 0.0205. The van der Waals surface area contributed by atoms with Gasteiger partial charge in [-0.3, -0.25) is 4.79 Å². The van der Waals surface area contributed by atoms with Gasteiger partial charge >= 0.3 is 0 Å². The van der Waals surface area contributed by atoms with Crippen LogP contribution in [0.25, 0.3) is 11.0 Å². The van der Waals surface area contributed by atoms with Crippen molar-refractivity contribution in [1.29, 1.82) is 0 Å². The number of hydrogen-bond donors (Lipinski definition) is 2. The summed E-state index contributed by atoms with van der Waals surface area (Å²) in [4.78, 5) is 11.9. The molecule has 0 fully saturated rings. The van der Waals surface area contributed by atoms with Crippen LogP contribution in [-0.4, -0.2) is 17.6 Å². The van der Waals surface area contributed by atoms with Gasteiger partial charge in [0.2, 0.25) is 0 Å². The number of halogens is 2. The molecule has 1 amide bonds. The number of aliphatic hydroxyl groups excluding tert-OH is 1. The SMILES string of the molecule is O=C(NCC[C@H](O)c1cc2ccccc2o1)c1ccc(F)c(F)c1. The zero-order valence-electron chi connectivity index (χ0n) is 12.6. The van der Waals surface area contributed by atoms with E-state index in [0.717, 1.165) is 17.5 Å². The second kappa shape index (κ2) is 6.80. The van der Waals surface area contributed by atoms with Crippen molar-refractivity contribution in [2.75, 3.05) is 6.54 Å². The smallest absolute Gasteiger partial charge is 0.251 e. The fraction of sp³-hybridized carbons (Fsp3) is 0.167. The Balaban J connectivity index is 1.57. The number of aliphatic hydroxyl groups is 1. The van der Waals surface area contributed by atoms with Crippen molar-refractivity contribution in [3.05, 3.63) is 71.5 Å². The first-order chi connectivity index (χ1) is 11.5. The van der Waals surface area contributed by atoms with E-state index in [9.17, 15) is 18.7 Å². The van der Waals surface area contributed by atoms with Crippen molar-refractivity contribution in [2.24, 2.45) is 0 Å². The maximum Gasteiger partial charge on any atom is 0.251 e. The standard InChI is InChI=1S/C18H15F2NO3/c19-13-6-5-12(9-14(13)20)18(23)21-8-7-15(22)17-10-11-3-1-2-4-16(11)24-17/h1-6,9-10,15,22H,7-8H2,(H,21,23)/t15-/m0/s1. The molecule has 0 radical (unpaired) electrons. The normalized spacial score (nSPS) is 12.3. The van der Waals surface area contributed by atoms with E-state index >= 15 is 0 Å². The molecule has 24 heavy (non-hydrogen) atoms. The molecular formula is C18H15F2NO3. The van der Waals surface area contributed by atoms with Crippen molar-refractivity contribution in [1.82, 2.24) is 5.32 Å². The Morgan fingerprint density at radius 2 is 1.92 bits per heavy atom. The summed E-state index contributed by atoms with van der Waals surface area (Å²) >= 11 is 0. The molecule has 0 unspecified atom stereocenters. The van der Waals surface area contributed by atoms with E-state index in [1.807, 2.05) is 18.2 Å². The van der Waals surface area contributed by atoms with E-state index in [4.69, 9.17) is 4.42 Å². The third kappa shape index (κ3) is 3.44. The first-order valence-electron chi connectivity index (χ1n) is 7.44. The lowest BCUT2D eigenvalue weighted by Crippen LogP contribution is -2.25. The highest BCUT2D eigenvalue weighted by molar-refractivity contribution is 5.94. The molecule has 3 rings (SSSR count). The molecule has 2 N–H and O–H groups in total. The number of para-hydroxylation sites is 1. The molecule has 0 bridgehead atoms. The molecule has 0 aliphatic rings. The Morgan fingerprint density at radius 3 is 2.67 bits per heavy atom. The zero-order valence-corrected chi connectivity index (χ0v) is 12.6. The van der Waals surface area contributed by atoms with Crippen LogP contribution in [0.3, 0.4) is 0 Å². The van der Waals surface area contributed by atoms with E-state index in [1.54, 1.807) is 12.1 Å². The molecule has 4 nitrogen and oxygen atoms in total. The molecule has 2 aromatic carbocycles. The van der Waals surface area contributed by atoms with E-state index in [0.29, 0.717) is 11.3 Å². The van der Waals surface area contributed by atoms with Crippen molar-refractivity contribution in [2.45, 2.75) is 12.5 Å². The van der Waals surface area contributed by atoms with Crippen LogP contribution in [0.1, 0.15) is 28.6 Å². The van der Waals surface area contributed by atoms with Gasteiger partial charge in [-0.1, -0.05) is 18.2 Å². The molecule has 6 heteroatoms. The average Bonchev–Trinajstić information content (AvgIpc) is 3.01. The second-order valence-electron chi connectivity index (χ2n) is 5.38. The maximum atomic E-state index is 13.1. The Hall–Kier alpha value is -2.73. The quantitative estimate of drug-likeness (QED) is 0.751. The number of furan rings is 1. The summed E-state index contributed by atoms with van der Waals surface area (Å²) in [6, 6.07) is 12.1. The molecule has 1 aromatic heterocycles. The number of rotatable bonds is 5. The Morgan fingerprint density at radius 1 is 1.12 bits per heavy atom. The van der Waals surface area contributed by atoms with E-state index in [2.05, 4.69) is 5.32 Å². The topological polar surface area (TPSA) is 62.5 Å². The van der Waals surface area contributed by atoms with Gasteiger partial charge < -0.3 is 14.8 Å². The van der Waals surface area contributed by atoms with Crippen LogP contribution >= 0.6 is 0 Å². The summed E-state index contributed by atoms with van der Waals surface area (Å²) in [6.45, 7) is 0.163. The van der Waals surface area contributed by atoms with E-state index in [-0.39, 0.29) is 18.5 Å². The lowest BCUT2D eigenvalue weighted by atomic mass is 10.1. The fourth-order valence-electron chi connectivity index (χ4n) is 2.37. The van der Waals surface area contributed by atoms with Crippen molar-refractivity contribution in [3.63, 3.8) is 0 Å². The molecule has 124 valence electrons. The number of carbonyl (C=O) groups is 1. The number of carbonyl (C=O) groups excluding carboxylic acids is 1. The molecule has 1 heterocycles. The minimum Gasteiger partial charge on any atom is -0.458 e. The predicted octanol–water partition coefficient (Wildman–Crippen LogP) is 3.56. The lowest BCUT2D eigenvalue weighted by molar-refractivity contribution is 0.0936. The van der Waals surface area contributed by atoms with Crippen LogP contribution in [0.4, 0.5) is 8.78 Å². The van der Waals surface area contributed by atoms with Crippen LogP contribution < -0.4 is 5.32 Å². The van der Waals surface area contributed by atoms with Gasteiger partial charge in [0.1, 0.15) is 17.4 Å². The number of nitrogens with one attached hydrogen (secondary N) is 1.